The molecular weight excluding hydrogens is 268 g/mol. The molecule has 7 heteroatoms. The largest absolute Gasteiger partial charge is 0.326 e. The van der Waals surface area contributed by atoms with Crippen molar-refractivity contribution in [2.24, 2.45) is 0 Å². The first-order chi connectivity index (χ1) is 10.2. The molecular formula is C14H18N6O. The molecule has 0 unspecified atom stereocenters. The molecule has 7 nitrogen and oxygen atoms in total. The summed E-state index contributed by atoms with van der Waals surface area (Å²) in [6, 6.07) is 6.30. The van der Waals surface area contributed by atoms with Gasteiger partial charge in [-0.2, -0.15) is 0 Å². The fourth-order valence-corrected chi connectivity index (χ4v) is 2.16. The van der Waals surface area contributed by atoms with E-state index in [4.69, 9.17) is 0 Å². The zero-order valence-corrected chi connectivity index (χ0v) is 11.9. The van der Waals surface area contributed by atoms with Crippen molar-refractivity contribution < 1.29 is 4.79 Å². The normalized spacial score (nSPS) is 14.1. The van der Waals surface area contributed by atoms with E-state index in [9.17, 15) is 4.79 Å². The van der Waals surface area contributed by atoms with Crippen molar-refractivity contribution in [2.75, 3.05) is 11.9 Å². The van der Waals surface area contributed by atoms with E-state index in [-0.39, 0.29) is 5.91 Å². The molecule has 0 atom stereocenters. The maximum Gasteiger partial charge on any atom is 0.225 e. The Morgan fingerprint density at radius 1 is 1.43 bits per heavy atom. The van der Waals surface area contributed by atoms with E-state index >= 15 is 0 Å². The minimum atomic E-state index is 0.0257. The van der Waals surface area contributed by atoms with Crippen molar-refractivity contribution in [2.45, 2.75) is 32.2 Å². The molecule has 3 rings (SSSR count). The van der Waals surface area contributed by atoms with E-state index < -0.39 is 0 Å². The molecule has 0 spiro atoms. The zero-order valence-electron chi connectivity index (χ0n) is 11.9. The summed E-state index contributed by atoms with van der Waals surface area (Å²) < 4.78 is 1.60. The lowest BCUT2D eigenvalue weighted by Gasteiger charge is -2.09. The summed E-state index contributed by atoms with van der Waals surface area (Å²) in [5.41, 5.74) is 2.69. The van der Waals surface area contributed by atoms with Crippen LogP contribution in [0.5, 0.6) is 0 Å². The molecule has 1 aromatic heterocycles. The molecule has 110 valence electrons. The number of hydrogen-bond donors (Lipinski definition) is 2. The number of nitrogens with one attached hydrogen (secondary N) is 2. The number of carbonyl (C=O) groups excluding carboxylic acids is 1. The molecule has 1 aliphatic carbocycles. The number of amides is 1. The van der Waals surface area contributed by atoms with Gasteiger partial charge in [-0.25, -0.2) is 4.68 Å². The lowest BCUT2D eigenvalue weighted by molar-refractivity contribution is -0.116. The van der Waals surface area contributed by atoms with Gasteiger partial charge in [-0.3, -0.25) is 4.79 Å². The molecule has 1 saturated carbocycles. The van der Waals surface area contributed by atoms with Gasteiger partial charge in [-0.15, -0.1) is 5.10 Å². The summed E-state index contributed by atoms with van der Waals surface area (Å²) in [5.74, 6) is 0.0257. The van der Waals surface area contributed by atoms with Crippen molar-refractivity contribution >= 4 is 11.6 Å². The monoisotopic (exact) mass is 286 g/mol. The molecule has 1 heterocycles. The number of nitrogens with zero attached hydrogens (tertiary/aromatic N) is 4. The average molecular weight is 286 g/mol. The highest BCUT2D eigenvalue weighted by atomic mass is 16.1. The van der Waals surface area contributed by atoms with Gasteiger partial charge >= 0.3 is 0 Å². The van der Waals surface area contributed by atoms with Crippen LogP contribution >= 0.6 is 0 Å². The SMILES string of the molecule is Cc1cc(NC(=O)CCNC2CC2)ccc1-n1cnnn1. The summed E-state index contributed by atoms with van der Waals surface area (Å²) >= 11 is 0. The van der Waals surface area contributed by atoms with Crippen LogP contribution in [0.25, 0.3) is 5.69 Å². The van der Waals surface area contributed by atoms with Crippen LogP contribution in [0, 0.1) is 6.92 Å². The number of rotatable bonds is 6. The Bertz CT molecular complexity index is 620. The third kappa shape index (κ3) is 3.63. The second kappa shape index (κ2) is 6.01. The fraction of sp³-hybridized carbons (Fsp3) is 0.429. The van der Waals surface area contributed by atoms with Gasteiger partial charge in [0.25, 0.3) is 0 Å². The summed E-state index contributed by atoms with van der Waals surface area (Å²) in [7, 11) is 0. The van der Waals surface area contributed by atoms with Crippen LogP contribution in [0.1, 0.15) is 24.8 Å². The zero-order chi connectivity index (χ0) is 14.7. The Morgan fingerprint density at radius 2 is 2.29 bits per heavy atom. The standard InChI is InChI=1S/C14H18N6O/c1-10-8-12(4-5-13(10)20-9-16-18-19-20)17-14(21)6-7-15-11-2-3-11/h4-5,8-9,11,15H,2-3,6-7H2,1H3,(H,17,21). The van der Waals surface area contributed by atoms with Gasteiger partial charge in [-0.05, 0) is 54.0 Å². The lowest BCUT2D eigenvalue weighted by atomic mass is 10.1. The van der Waals surface area contributed by atoms with Crippen LogP contribution in [-0.2, 0) is 4.79 Å². The topological polar surface area (TPSA) is 84.7 Å². The van der Waals surface area contributed by atoms with Crippen LogP contribution in [-0.4, -0.2) is 38.7 Å². The highest BCUT2D eigenvalue weighted by molar-refractivity contribution is 5.91. The van der Waals surface area contributed by atoms with E-state index in [1.54, 1.807) is 11.0 Å². The Kier molecular flexibility index (Phi) is 3.92. The number of hydrogen-bond acceptors (Lipinski definition) is 5. The molecule has 0 bridgehead atoms. The molecule has 1 aliphatic rings. The average Bonchev–Trinajstić information content (AvgIpc) is 3.11. The van der Waals surface area contributed by atoms with Gasteiger partial charge in [0.2, 0.25) is 5.91 Å². The van der Waals surface area contributed by atoms with E-state index in [0.717, 1.165) is 23.5 Å². The maximum atomic E-state index is 11.9. The first kappa shape index (κ1) is 13.7. The highest BCUT2D eigenvalue weighted by Gasteiger charge is 2.20. The van der Waals surface area contributed by atoms with Gasteiger partial charge in [0.1, 0.15) is 6.33 Å². The van der Waals surface area contributed by atoms with Crippen LogP contribution in [0.15, 0.2) is 24.5 Å². The number of carbonyl (C=O) groups is 1. The molecule has 1 amide bonds. The Labute approximate surface area is 122 Å². The van der Waals surface area contributed by atoms with Gasteiger partial charge in [0.15, 0.2) is 0 Å². The lowest BCUT2D eigenvalue weighted by Crippen LogP contribution is -2.23. The van der Waals surface area contributed by atoms with Gasteiger partial charge in [0, 0.05) is 24.7 Å². The minimum Gasteiger partial charge on any atom is -0.326 e. The predicted molar refractivity (Wildman–Crippen MR) is 78.2 cm³/mol. The summed E-state index contributed by atoms with van der Waals surface area (Å²) in [6.07, 6.45) is 4.51. The van der Waals surface area contributed by atoms with Crippen molar-refractivity contribution in [3.63, 3.8) is 0 Å². The van der Waals surface area contributed by atoms with Crippen molar-refractivity contribution in [1.82, 2.24) is 25.5 Å². The number of aromatic nitrogens is 4. The van der Waals surface area contributed by atoms with E-state index in [1.165, 1.54) is 12.8 Å². The van der Waals surface area contributed by atoms with E-state index in [2.05, 4.69) is 26.2 Å². The summed E-state index contributed by atoms with van der Waals surface area (Å²) in [5, 5.41) is 17.3. The number of tetrazole rings is 1. The predicted octanol–water partition coefficient (Wildman–Crippen LogP) is 1.05. The smallest absolute Gasteiger partial charge is 0.225 e. The van der Waals surface area contributed by atoms with Crippen LogP contribution in [0.2, 0.25) is 0 Å². The Morgan fingerprint density at radius 3 is 2.95 bits per heavy atom. The second-order valence-electron chi connectivity index (χ2n) is 5.28. The molecule has 0 radical (unpaired) electrons. The first-order valence-electron chi connectivity index (χ1n) is 7.09. The summed E-state index contributed by atoms with van der Waals surface area (Å²) in [6.45, 7) is 2.69. The third-order valence-corrected chi connectivity index (χ3v) is 3.44. The molecule has 0 aliphatic heterocycles. The number of benzene rings is 1. The van der Waals surface area contributed by atoms with E-state index in [0.29, 0.717) is 12.5 Å². The van der Waals surface area contributed by atoms with Crippen LogP contribution in [0.4, 0.5) is 5.69 Å². The van der Waals surface area contributed by atoms with Crippen molar-refractivity contribution in [3.8, 4) is 5.69 Å². The first-order valence-corrected chi connectivity index (χ1v) is 7.09. The van der Waals surface area contributed by atoms with E-state index in [1.807, 2.05) is 25.1 Å². The van der Waals surface area contributed by atoms with Crippen molar-refractivity contribution in [3.05, 3.63) is 30.1 Å². The molecule has 0 saturated heterocycles. The quantitative estimate of drug-likeness (QED) is 0.829. The number of aryl methyl sites for hydroxylation is 1. The molecule has 1 fully saturated rings. The molecule has 21 heavy (non-hydrogen) atoms. The van der Waals surface area contributed by atoms with Crippen molar-refractivity contribution in [1.29, 1.82) is 0 Å². The second-order valence-corrected chi connectivity index (χ2v) is 5.28. The fourth-order valence-electron chi connectivity index (χ4n) is 2.16. The minimum absolute atomic E-state index is 0.0257. The number of anilines is 1. The molecule has 2 aromatic rings. The summed E-state index contributed by atoms with van der Waals surface area (Å²) in [4.78, 5) is 11.9. The molecule has 2 N–H and O–H groups in total. The van der Waals surface area contributed by atoms with Gasteiger partial charge < -0.3 is 10.6 Å². The maximum absolute atomic E-state index is 11.9. The van der Waals surface area contributed by atoms with Crippen LogP contribution < -0.4 is 10.6 Å². The highest BCUT2D eigenvalue weighted by Crippen LogP contribution is 2.19. The van der Waals surface area contributed by atoms with Gasteiger partial charge in [-0.1, -0.05) is 0 Å². The third-order valence-electron chi connectivity index (χ3n) is 3.44. The molecule has 1 aromatic carbocycles. The van der Waals surface area contributed by atoms with Crippen LogP contribution in [0.3, 0.4) is 0 Å². The Hall–Kier alpha value is -2.28. The Balaban J connectivity index is 1.58. The van der Waals surface area contributed by atoms with Gasteiger partial charge in [0.05, 0.1) is 5.69 Å².